The van der Waals surface area contributed by atoms with Gasteiger partial charge in [-0.1, -0.05) is 11.6 Å². The molecule has 0 atom stereocenters. The number of nitrogens with one attached hydrogen (secondary N) is 1. The number of halogens is 1. The van der Waals surface area contributed by atoms with Gasteiger partial charge < -0.3 is 15.3 Å². The van der Waals surface area contributed by atoms with E-state index in [0.717, 1.165) is 18.8 Å². The van der Waals surface area contributed by atoms with Crippen LogP contribution < -0.4 is 5.32 Å². The van der Waals surface area contributed by atoms with Gasteiger partial charge in [-0.25, -0.2) is 4.79 Å². The molecule has 0 aliphatic carbocycles. The first-order valence-electron chi connectivity index (χ1n) is 4.92. The molecule has 1 aromatic carbocycles. The Labute approximate surface area is 99.8 Å². The van der Waals surface area contributed by atoms with Crippen LogP contribution in [0.1, 0.15) is 10.4 Å². The highest BCUT2D eigenvalue weighted by Crippen LogP contribution is 2.22. The van der Waals surface area contributed by atoms with Crippen molar-refractivity contribution in [1.82, 2.24) is 4.90 Å². The van der Waals surface area contributed by atoms with Crippen LogP contribution in [0.15, 0.2) is 18.2 Å². The zero-order valence-corrected chi connectivity index (χ0v) is 10.1. The largest absolute Gasteiger partial charge is 0.478 e. The molecule has 0 unspecified atom stereocenters. The van der Waals surface area contributed by atoms with Gasteiger partial charge in [-0.2, -0.15) is 0 Å². The predicted octanol–water partition coefficient (Wildman–Crippen LogP) is 2.01. The van der Waals surface area contributed by atoms with Crippen LogP contribution >= 0.6 is 11.6 Å². The maximum Gasteiger partial charge on any atom is 0.335 e. The summed E-state index contributed by atoms with van der Waals surface area (Å²) in [6, 6.07) is 4.66. The predicted molar refractivity (Wildman–Crippen MR) is 65.5 cm³/mol. The molecule has 0 amide bonds. The van der Waals surface area contributed by atoms with E-state index in [4.69, 9.17) is 16.7 Å². The number of likely N-dealkylation sites (N-methyl/N-ethyl adjacent to an activating group) is 1. The van der Waals surface area contributed by atoms with Gasteiger partial charge >= 0.3 is 5.97 Å². The number of carboxylic acid groups (broad SMARTS) is 1. The molecule has 0 saturated heterocycles. The highest BCUT2D eigenvalue weighted by atomic mass is 35.5. The van der Waals surface area contributed by atoms with Crippen molar-refractivity contribution in [1.29, 1.82) is 0 Å². The molecule has 16 heavy (non-hydrogen) atoms. The minimum atomic E-state index is -0.971. The Morgan fingerprint density at radius 2 is 2.19 bits per heavy atom. The minimum absolute atomic E-state index is 0.197. The Kier molecular flexibility index (Phi) is 4.58. The number of hydrogen-bond donors (Lipinski definition) is 2. The van der Waals surface area contributed by atoms with Gasteiger partial charge in [0.1, 0.15) is 0 Å². The average Bonchev–Trinajstić information content (AvgIpc) is 2.19. The topological polar surface area (TPSA) is 52.6 Å². The Bertz CT molecular complexity index is 380. The SMILES string of the molecule is CN(C)CCNc1ccc(C(=O)O)cc1Cl. The number of benzene rings is 1. The molecule has 2 N–H and O–H groups in total. The first kappa shape index (κ1) is 12.8. The number of nitrogens with zero attached hydrogens (tertiary/aromatic N) is 1. The average molecular weight is 243 g/mol. The van der Waals surface area contributed by atoms with Crippen LogP contribution in [0.4, 0.5) is 5.69 Å². The molecule has 0 spiro atoms. The quantitative estimate of drug-likeness (QED) is 0.830. The van der Waals surface area contributed by atoms with Crippen molar-refractivity contribution in [3.8, 4) is 0 Å². The van der Waals surface area contributed by atoms with Crippen molar-refractivity contribution in [3.05, 3.63) is 28.8 Å². The Balaban J connectivity index is 2.64. The summed E-state index contributed by atoms with van der Waals surface area (Å²) in [5.41, 5.74) is 0.955. The van der Waals surface area contributed by atoms with E-state index in [1.54, 1.807) is 6.07 Å². The molecule has 0 heterocycles. The summed E-state index contributed by atoms with van der Waals surface area (Å²) in [5.74, 6) is -0.971. The summed E-state index contributed by atoms with van der Waals surface area (Å²) in [6.07, 6.45) is 0. The number of anilines is 1. The molecule has 5 heteroatoms. The van der Waals surface area contributed by atoms with Gasteiger partial charge in [0.05, 0.1) is 16.3 Å². The smallest absolute Gasteiger partial charge is 0.335 e. The second-order valence-corrected chi connectivity index (χ2v) is 4.14. The lowest BCUT2D eigenvalue weighted by atomic mass is 10.2. The molecule has 88 valence electrons. The van der Waals surface area contributed by atoms with E-state index in [1.165, 1.54) is 12.1 Å². The van der Waals surface area contributed by atoms with E-state index in [-0.39, 0.29) is 5.56 Å². The maximum absolute atomic E-state index is 10.7. The van der Waals surface area contributed by atoms with Gasteiger partial charge in [-0.05, 0) is 32.3 Å². The van der Waals surface area contributed by atoms with Crippen molar-refractivity contribution in [3.63, 3.8) is 0 Å². The summed E-state index contributed by atoms with van der Waals surface area (Å²) >= 11 is 5.95. The lowest BCUT2D eigenvalue weighted by Gasteiger charge is -2.12. The van der Waals surface area contributed by atoms with E-state index in [1.807, 2.05) is 19.0 Å². The van der Waals surface area contributed by atoms with Crippen molar-refractivity contribution in [2.75, 3.05) is 32.5 Å². The minimum Gasteiger partial charge on any atom is -0.478 e. The molecule has 0 aromatic heterocycles. The van der Waals surface area contributed by atoms with Crippen LogP contribution in [-0.2, 0) is 0 Å². The number of carboxylic acids is 1. The van der Waals surface area contributed by atoms with Gasteiger partial charge in [-0.15, -0.1) is 0 Å². The zero-order valence-electron chi connectivity index (χ0n) is 9.33. The van der Waals surface area contributed by atoms with Crippen molar-refractivity contribution >= 4 is 23.3 Å². The number of aromatic carboxylic acids is 1. The van der Waals surface area contributed by atoms with Gasteiger partial charge in [0, 0.05) is 13.1 Å². The molecule has 1 aromatic rings. The van der Waals surface area contributed by atoms with Gasteiger partial charge in [0.15, 0.2) is 0 Å². The molecule has 0 fully saturated rings. The molecule has 1 rings (SSSR count). The highest BCUT2D eigenvalue weighted by molar-refractivity contribution is 6.33. The summed E-state index contributed by atoms with van der Waals surface area (Å²) in [7, 11) is 3.97. The molecule has 0 bridgehead atoms. The third-order valence-electron chi connectivity index (χ3n) is 2.09. The first-order chi connectivity index (χ1) is 7.50. The second-order valence-electron chi connectivity index (χ2n) is 3.73. The standard InChI is InChI=1S/C11H15ClN2O2/c1-14(2)6-5-13-10-4-3-8(11(15)16)7-9(10)12/h3-4,7,13H,5-6H2,1-2H3,(H,15,16). The third kappa shape index (κ3) is 3.72. The maximum atomic E-state index is 10.7. The Hall–Kier alpha value is -1.26. The number of hydrogen-bond acceptors (Lipinski definition) is 3. The van der Waals surface area contributed by atoms with E-state index < -0.39 is 5.97 Å². The van der Waals surface area contributed by atoms with Gasteiger partial charge in [0.25, 0.3) is 0 Å². The van der Waals surface area contributed by atoms with Crippen LogP contribution in [0.2, 0.25) is 5.02 Å². The first-order valence-corrected chi connectivity index (χ1v) is 5.30. The molecule has 4 nitrogen and oxygen atoms in total. The molecule has 0 aliphatic heterocycles. The van der Waals surface area contributed by atoms with Crippen molar-refractivity contribution < 1.29 is 9.90 Å². The number of rotatable bonds is 5. The zero-order chi connectivity index (χ0) is 12.1. The number of carbonyl (C=O) groups is 1. The van der Waals surface area contributed by atoms with E-state index in [0.29, 0.717) is 5.02 Å². The van der Waals surface area contributed by atoms with E-state index in [2.05, 4.69) is 5.32 Å². The normalized spacial score (nSPS) is 10.5. The summed E-state index contributed by atoms with van der Waals surface area (Å²) < 4.78 is 0. The lowest BCUT2D eigenvalue weighted by molar-refractivity contribution is 0.0697. The van der Waals surface area contributed by atoms with Crippen LogP contribution in [-0.4, -0.2) is 43.2 Å². The van der Waals surface area contributed by atoms with Crippen LogP contribution in [0.5, 0.6) is 0 Å². The fraction of sp³-hybridized carbons (Fsp3) is 0.364. The lowest BCUT2D eigenvalue weighted by Crippen LogP contribution is -2.20. The molecule has 0 saturated carbocycles. The van der Waals surface area contributed by atoms with Crippen LogP contribution in [0.25, 0.3) is 0 Å². The monoisotopic (exact) mass is 242 g/mol. The molecular weight excluding hydrogens is 228 g/mol. The Morgan fingerprint density at radius 3 is 2.69 bits per heavy atom. The van der Waals surface area contributed by atoms with Gasteiger partial charge in [0.2, 0.25) is 0 Å². The molecule has 0 radical (unpaired) electrons. The summed E-state index contributed by atoms with van der Waals surface area (Å²) in [4.78, 5) is 12.7. The molecule has 0 aliphatic rings. The fourth-order valence-corrected chi connectivity index (χ4v) is 1.45. The van der Waals surface area contributed by atoms with Crippen molar-refractivity contribution in [2.24, 2.45) is 0 Å². The Morgan fingerprint density at radius 1 is 1.50 bits per heavy atom. The van der Waals surface area contributed by atoms with Crippen LogP contribution in [0, 0.1) is 0 Å². The molecular formula is C11H15ClN2O2. The van der Waals surface area contributed by atoms with Gasteiger partial charge in [-0.3, -0.25) is 0 Å². The van der Waals surface area contributed by atoms with E-state index >= 15 is 0 Å². The summed E-state index contributed by atoms with van der Waals surface area (Å²) in [6.45, 7) is 1.65. The summed E-state index contributed by atoms with van der Waals surface area (Å²) in [5, 5.41) is 12.3. The fourth-order valence-electron chi connectivity index (χ4n) is 1.21. The van der Waals surface area contributed by atoms with Crippen molar-refractivity contribution in [2.45, 2.75) is 0 Å². The third-order valence-corrected chi connectivity index (χ3v) is 2.40. The highest BCUT2D eigenvalue weighted by Gasteiger charge is 2.06. The second kappa shape index (κ2) is 5.72. The van der Waals surface area contributed by atoms with Crippen LogP contribution in [0.3, 0.4) is 0 Å². The van der Waals surface area contributed by atoms with E-state index in [9.17, 15) is 4.79 Å².